The SMILES string of the molecule is COc1cc2c(cc1S)CCC(NC(C)=O)C2. The second-order valence-corrected chi connectivity index (χ2v) is 4.91. The number of amides is 1. The summed E-state index contributed by atoms with van der Waals surface area (Å²) in [5.41, 5.74) is 2.57. The molecule has 1 aromatic carbocycles. The van der Waals surface area contributed by atoms with E-state index >= 15 is 0 Å². The van der Waals surface area contributed by atoms with Gasteiger partial charge in [0, 0.05) is 17.9 Å². The first-order chi connectivity index (χ1) is 8.10. The first-order valence-corrected chi connectivity index (χ1v) is 6.20. The fraction of sp³-hybridized carbons (Fsp3) is 0.462. The first kappa shape index (κ1) is 12.3. The zero-order valence-corrected chi connectivity index (χ0v) is 11.0. The zero-order valence-electron chi connectivity index (χ0n) is 10.1. The topological polar surface area (TPSA) is 38.3 Å². The molecule has 1 aliphatic rings. The number of nitrogens with one attached hydrogen (secondary N) is 1. The van der Waals surface area contributed by atoms with E-state index < -0.39 is 0 Å². The van der Waals surface area contributed by atoms with E-state index in [0.717, 1.165) is 29.9 Å². The third-order valence-electron chi connectivity index (χ3n) is 3.14. The summed E-state index contributed by atoms with van der Waals surface area (Å²) >= 11 is 4.40. The van der Waals surface area contributed by atoms with Gasteiger partial charge in [0.25, 0.3) is 0 Å². The number of fused-ring (bicyclic) bond motifs is 1. The summed E-state index contributed by atoms with van der Waals surface area (Å²) < 4.78 is 5.26. The van der Waals surface area contributed by atoms with Crippen molar-refractivity contribution in [2.45, 2.75) is 37.1 Å². The Hall–Kier alpha value is -1.16. The van der Waals surface area contributed by atoms with Crippen molar-refractivity contribution >= 4 is 18.5 Å². The van der Waals surface area contributed by atoms with Crippen LogP contribution >= 0.6 is 12.6 Å². The Morgan fingerprint density at radius 2 is 2.24 bits per heavy atom. The highest BCUT2D eigenvalue weighted by Crippen LogP contribution is 2.31. The van der Waals surface area contributed by atoms with Crippen LogP contribution in [0.2, 0.25) is 0 Å². The average molecular weight is 251 g/mol. The van der Waals surface area contributed by atoms with Crippen LogP contribution in [0.5, 0.6) is 5.75 Å². The van der Waals surface area contributed by atoms with E-state index in [4.69, 9.17) is 4.74 Å². The third kappa shape index (κ3) is 2.75. The number of methoxy groups -OCH3 is 1. The van der Waals surface area contributed by atoms with Crippen molar-refractivity contribution in [3.63, 3.8) is 0 Å². The van der Waals surface area contributed by atoms with E-state index in [9.17, 15) is 4.79 Å². The van der Waals surface area contributed by atoms with E-state index in [1.54, 1.807) is 14.0 Å². The Morgan fingerprint density at radius 3 is 2.88 bits per heavy atom. The van der Waals surface area contributed by atoms with Gasteiger partial charge in [-0.15, -0.1) is 12.6 Å². The summed E-state index contributed by atoms with van der Waals surface area (Å²) in [5, 5.41) is 2.98. The minimum atomic E-state index is 0.0382. The molecule has 0 fully saturated rings. The van der Waals surface area contributed by atoms with Gasteiger partial charge in [0.1, 0.15) is 5.75 Å². The molecule has 0 aromatic heterocycles. The van der Waals surface area contributed by atoms with Gasteiger partial charge in [0.05, 0.1) is 7.11 Å². The summed E-state index contributed by atoms with van der Waals surface area (Å²) in [6.07, 6.45) is 2.85. The summed E-state index contributed by atoms with van der Waals surface area (Å²) in [7, 11) is 1.65. The molecule has 0 radical (unpaired) electrons. The molecule has 92 valence electrons. The molecular formula is C13H17NO2S. The normalized spacial score (nSPS) is 18.4. The molecule has 3 nitrogen and oxygen atoms in total. The van der Waals surface area contributed by atoms with E-state index in [1.165, 1.54) is 11.1 Å². The number of carbonyl (C=O) groups excluding carboxylic acids is 1. The summed E-state index contributed by atoms with van der Waals surface area (Å²) in [6.45, 7) is 1.56. The van der Waals surface area contributed by atoms with Crippen LogP contribution in [0.25, 0.3) is 0 Å². The van der Waals surface area contributed by atoms with Gasteiger partial charge in [-0.3, -0.25) is 4.79 Å². The molecule has 17 heavy (non-hydrogen) atoms. The lowest BCUT2D eigenvalue weighted by molar-refractivity contribution is -0.119. The fourth-order valence-corrected chi connectivity index (χ4v) is 2.66. The maximum Gasteiger partial charge on any atom is 0.217 e. The monoisotopic (exact) mass is 251 g/mol. The third-order valence-corrected chi connectivity index (χ3v) is 3.49. The molecule has 0 saturated carbocycles. The minimum Gasteiger partial charge on any atom is -0.496 e. The van der Waals surface area contributed by atoms with Crippen LogP contribution in [0.1, 0.15) is 24.5 Å². The average Bonchev–Trinajstić information content (AvgIpc) is 2.28. The predicted molar refractivity (Wildman–Crippen MR) is 69.9 cm³/mol. The van der Waals surface area contributed by atoms with E-state index in [1.807, 2.05) is 6.07 Å². The van der Waals surface area contributed by atoms with Crippen LogP contribution in [0.3, 0.4) is 0 Å². The van der Waals surface area contributed by atoms with E-state index in [-0.39, 0.29) is 11.9 Å². The molecule has 1 aliphatic carbocycles. The molecule has 1 amide bonds. The van der Waals surface area contributed by atoms with Gasteiger partial charge in [-0.2, -0.15) is 0 Å². The Morgan fingerprint density at radius 1 is 1.47 bits per heavy atom. The van der Waals surface area contributed by atoms with E-state index in [2.05, 4.69) is 24.0 Å². The van der Waals surface area contributed by atoms with Gasteiger partial charge >= 0.3 is 0 Å². The van der Waals surface area contributed by atoms with Gasteiger partial charge in [-0.25, -0.2) is 0 Å². The molecular weight excluding hydrogens is 234 g/mol. The molecule has 2 rings (SSSR count). The predicted octanol–water partition coefficient (Wildman–Crippen LogP) is 1.98. The Bertz CT molecular complexity index is 445. The number of benzene rings is 1. The van der Waals surface area contributed by atoms with Crippen molar-refractivity contribution in [2.75, 3.05) is 7.11 Å². The minimum absolute atomic E-state index is 0.0382. The first-order valence-electron chi connectivity index (χ1n) is 5.76. The standard InChI is InChI=1S/C13H17NO2S/c1-8(15)14-11-4-3-9-7-13(17)12(16-2)6-10(9)5-11/h6-7,11,17H,3-5H2,1-2H3,(H,14,15). The summed E-state index contributed by atoms with van der Waals surface area (Å²) in [6, 6.07) is 4.35. The molecule has 4 heteroatoms. The van der Waals surface area contributed by atoms with Gasteiger partial charge in [-0.1, -0.05) is 0 Å². The number of hydrogen-bond donors (Lipinski definition) is 2. The summed E-state index contributed by atoms with van der Waals surface area (Å²) in [5.74, 6) is 0.840. The maximum atomic E-state index is 11.1. The van der Waals surface area contributed by atoms with Crippen molar-refractivity contribution in [1.29, 1.82) is 0 Å². The summed E-state index contributed by atoms with van der Waals surface area (Å²) in [4.78, 5) is 11.9. The molecule has 0 saturated heterocycles. The van der Waals surface area contributed by atoms with Gasteiger partial charge in [-0.05, 0) is 42.5 Å². The molecule has 1 N–H and O–H groups in total. The van der Waals surface area contributed by atoms with Crippen LogP contribution in [-0.4, -0.2) is 19.1 Å². The number of thiol groups is 1. The molecule has 0 heterocycles. The lowest BCUT2D eigenvalue weighted by Gasteiger charge is -2.26. The number of carbonyl (C=O) groups is 1. The number of rotatable bonds is 2. The largest absolute Gasteiger partial charge is 0.496 e. The van der Waals surface area contributed by atoms with Crippen molar-refractivity contribution < 1.29 is 9.53 Å². The van der Waals surface area contributed by atoms with Gasteiger partial charge in [0.15, 0.2) is 0 Å². The number of ether oxygens (including phenoxy) is 1. The van der Waals surface area contributed by atoms with Crippen LogP contribution in [0, 0.1) is 0 Å². The van der Waals surface area contributed by atoms with Gasteiger partial charge < -0.3 is 10.1 Å². The van der Waals surface area contributed by atoms with E-state index in [0.29, 0.717) is 0 Å². The van der Waals surface area contributed by atoms with Crippen molar-refractivity contribution in [2.24, 2.45) is 0 Å². The van der Waals surface area contributed by atoms with Crippen LogP contribution in [-0.2, 0) is 17.6 Å². The highest BCUT2D eigenvalue weighted by Gasteiger charge is 2.20. The fourth-order valence-electron chi connectivity index (χ4n) is 2.35. The van der Waals surface area contributed by atoms with Crippen LogP contribution < -0.4 is 10.1 Å². The van der Waals surface area contributed by atoms with Crippen molar-refractivity contribution in [1.82, 2.24) is 5.32 Å². The smallest absolute Gasteiger partial charge is 0.217 e. The maximum absolute atomic E-state index is 11.1. The Balaban J connectivity index is 2.22. The lowest BCUT2D eigenvalue weighted by atomic mass is 9.88. The molecule has 1 atom stereocenters. The number of hydrogen-bond acceptors (Lipinski definition) is 3. The van der Waals surface area contributed by atoms with Crippen LogP contribution in [0.4, 0.5) is 0 Å². The second kappa shape index (κ2) is 5.00. The van der Waals surface area contributed by atoms with Crippen molar-refractivity contribution in [3.8, 4) is 5.75 Å². The van der Waals surface area contributed by atoms with Crippen LogP contribution in [0.15, 0.2) is 17.0 Å². The quantitative estimate of drug-likeness (QED) is 0.789. The Labute approximate surface area is 107 Å². The van der Waals surface area contributed by atoms with Gasteiger partial charge in [0.2, 0.25) is 5.91 Å². The zero-order chi connectivity index (χ0) is 12.4. The Kier molecular flexibility index (Phi) is 3.62. The molecule has 1 unspecified atom stereocenters. The molecule has 0 spiro atoms. The lowest BCUT2D eigenvalue weighted by Crippen LogP contribution is -2.37. The highest BCUT2D eigenvalue weighted by molar-refractivity contribution is 7.80. The molecule has 0 bridgehead atoms. The highest BCUT2D eigenvalue weighted by atomic mass is 32.1. The molecule has 1 aromatic rings. The number of aryl methyl sites for hydroxylation is 1. The second-order valence-electron chi connectivity index (χ2n) is 4.43. The van der Waals surface area contributed by atoms with Crippen molar-refractivity contribution in [3.05, 3.63) is 23.3 Å². The molecule has 0 aliphatic heterocycles.